The van der Waals surface area contributed by atoms with Gasteiger partial charge >= 0.3 is 0 Å². The van der Waals surface area contributed by atoms with E-state index in [1.807, 2.05) is 48.6 Å². The van der Waals surface area contributed by atoms with Crippen LogP contribution in [0.1, 0.15) is 11.1 Å². The number of pyridine rings is 1. The second kappa shape index (κ2) is 8.02. The first kappa shape index (κ1) is 20.5. The summed E-state index contributed by atoms with van der Waals surface area (Å²) in [6.07, 6.45) is 3.78. The van der Waals surface area contributed by atoms with Crippen molar-refractivity contribution in [2.45, 2.75) is 0 Å². The molecule has 0 spiro atoms. The highest BCUT2D eigenvalue weighted by Gasteiger charge is 2.22. The summed E-state index contributed by atoms with van der Waals surface area (Å²) in [5, 5.41) is 3.97. The van der Waals surface area contributed by atoms with E-state index in [2.05, 4.69) is 72.2 Å². The maximum absolute atomic E-state index is 6.54. The fourth-order valence-electron chi connectivity index (χ4n) is 4.90. The van der Waals surface area contributed by atoms with E-state index in [4.69, 9.17) is 16.6 Å². The number of nitrogens with zero attached hydrogens (tertiary/aromatic N) is 2. The van der Waals surface area contributed by atoms with Gasteiger partial charge in [-0.15, -0.1) is 0 Å². The Morgan fingerprint density at radius 2 is 1.41 bits per heavy atom. The van der Waals surface area contributed by atoms with Crippen molar-refractivity contribution < 1.29 is 0 Å². The van der Waals surface area contributed by atoms with Crippen molar-refractivity contribution >= 4 is 51.1 Å². The average Bonchev–Trinajstić information content (AvgIpc) is 3.30. The number of fused-ring (bicyclic) bond motifs is 6. The summed E-state index contributed by atoms with van der Waals surface area (Å²) in [5.41, 5.74) is 8.07. The molecule has 0 amide bonds. The Labute approximate surface area is 203 Å². The van der Waals surface area contributed by atoms with Crippen molar-refractivity contribution in [3.8, 4) is 22.5 Å². The summed E-state index contributed by atoms with van der Waals surface area (Å²) < 4.78 is 2.25. The van der Waals surface area contributed by atoms with Crippen molar-refractivity contribution in [3.05, 3.63) is 120 Å². The quantitative estimate of drug-likeness (QED) is 0.242. The van der Waals surface area contributed by atoms with Gasteiger partial charge < -0.3 is 0 Å². The lowest BCUT2D eigenvalue weighted by Gasteiger charge is -2.14. The minimum atomic E-state index is 0.689. The van der Waals surface area contributed by atoms with Crippen LogP contribution in [-0.2, 0) is 0 Å². The number of halogens is 1. The SMILES string of the molecule is C=Cc1ccc2c3ccc(Cl)cc3n3c(-c4ccccc4)c(-c4ccccc4)nc3c2c1C=C. The first-order chi connectivity index (χ1) is 16.7. The van der Waals surface area contributed by atoms with Crippen LogP contribution in [0, 0.1) is 0 Å². The number of imidazole rings is 1. The van der Waals surface area contributed by atoms with E-state index in [1.54, 1.807) is 0 Å². The third-order valence-corrected chi connectivity index (χ3v) is 6.62. The summed E-state index contributed by atoms with van der Waals surface area (Å²) in [4.78, 5) is 5.29. The highest BCUT2D eigenvalue weighted by Crippen LogP contribution is 2.41. The average molecular weight is 457 g/mol. The Bertz CT molecular complexity index is 1730. The molecule has 0 aliphatic heterocycles. The fourth-order valence-corrected chi connectivity index (χ4v) is 5.06. The predicted octanol–water partition coefficient (Wildman–Crippen LogP) is 8.91. The van der Waals surface area contributed by atoms with Gasteiger partial charge in [-0.05, 0) is 28.6 Å². The van der Waals surface area contributed by atoms with Crippen LogP contribution in [0.2, 0.25) is 5.02 Å². The minimum absolute atomic E-state index is 0.689. The van der Waals surface area contributed by atoms with Crippen molar-refractivity contribution in [1.82, 2.24) is 9.38 Å². The van der Waals surface area contributed by atoms with E-state index in [-0.39, 0.29) is 0 Å². The second-order valence-electron chi connectivity index (χ2n) is 8.26. The molecule has 34 heavy (non-hydrogen) atoms. The molecule has 2 heterocycles. The molecule has 0 fully saturated rings. The van der Waals surface area contributed by atoms with Crippen molar-refractivity contribution in [2.75, 3.05) is 0 Å². The highest BCUT2D eigenvalue weighted by molar-refractivity contribution is 6.31. The number of hydrogen-bond acceptors (Lipinski definition) is 1. The second-order valence-corrected chi connectivity index (χ2v) is 8.70. The summed E-state index contributed by atoms with van der Waals surface area (Å²) in [5.74, 6) is 0. The molecule has 0 radical (unpaired) electrons. The first-order valence-corrected chi connectivity index (χ1v) is 11.5. The van der Waals surface area contributed by atoms with Crippen LogP contribution in [0.25, 0.3) is 62.0 Å². The molecule has 0 saturated heterocycles. The largest absolute Gasteiger partial charge is 0.291 e. The van der Waals surface area contributed by atoms with E-state index in [9.17, 15) is 0 Å². The molecule has 0 bridgehead atoms. The predicted molar refractivity (Wildman–Crippen MR) is 146 cm³/mol. The number of rotatable bonds is 4. The third kappa shape index (κ3) is 3.00. The maximum Gasteiger partial charge on any atom is 0.147 e. The molecule has 2 aromatic heterocycles. The molecule has 0 aliphatic carbocycles. The maximum atomic E-state index is 6.54. The number of hydrogen-bond donors (Lipinski definition) is 0. The van der Waals surface area contributed by atoms with E-state index in [1.165, 1.54) is 0 Å². The Morgan fingerprint density at radius 1 is 0.735 bits per heavy atom. The molecule has 3 heteroatoms. The standard InChI is InChI=1S/C31H21ClN2/c1-3-20-15-17-26-25-18-16-23(32)19-27(25)34-30(22-13-9-6-10-14-22)29(21-11-7-5-8-12-21)33-31(34)28(26)24(20)4-2/h3-19H,1-2H2. The molecule has 0 saturated carbocycles. The molecular formula is C31H21ClN2. The minimum Gasteiger partial charge on any atom is -0.291 e. The van der Waals surface area contributed by atoms with Gasteiger partial charge in [-0.3, -0.25) is 4.40 Å². The third-order valence-electron chi connectivity index (χ3n) is 6.39. The van der Waals surface area contributed by atoms with Gasteiger partial charge in [0.1, 0.15) is 5.65 Å². The van der Waals surface area contributed by atoms with Gasteiger partial charge in [-0.1, -0.05) is 116 Å². The molecule has 2 nitrogen and oxygen atoms in total. The zero-order chi connectivity index (χ0) is 23.2. The first-order valence-electron chi connectivity index (χ1n) is 11.2. The molecule has 0 atom stereocenters. The molecule has 0 aliphatic rings. The van der Waals surface area contributed by atoms with Gasteiger partial charge in [0, 0.05) is 26.9 Å². The van der Waals surface area contributed by atoms with Gasteiger partial charge in [0.2, 0.25) is 0 Å². The fraction of sp³-hybridized carbons (Fsp3) is 0. The van der Waals surface area contributed by atoms with Gasteiger partial charge in [-0.25, -0.2) is 4.98 Å². The van der Waals surface area contributed by atoms with Crippen LogP contribution in [0.3, 0.4) is 0 Å². The topological polar surface area (TPSA) is 17.3 Å². The summed E-state index contributed by atoms with van der Waals surface area (Å²) in [7, 11) is 0. The van der Waals surface area contributed by atoms with E-state index in [0.29, 0.717) is 5.02 Å². The Hall–Kier alpha value is -4.14. The normalized spacial score (nSPS) is 11.3. The lowest BCUT2D eigenvalue weighted by molar-refractivity contribution is 1.27. The number of benzene rings is 4. The zero-order valence-corrected chi connectivity index (χ0v) is 19.3. The van der Waals surface area contributed by atoms with Crippen molar-refractivity contribution in [3.63, 3.8) is 0 Å². The Balaban J connectivity index is 1.95. The summed E-state index contributed by atoms with van der Waals surface area (Å²) in [6.45, 7) is 8.16. The van der Waals surface area contributed by atoms with Crippen LogP contribution < -0.4 is 0 Å². The molecule has 0 unspecified atom stereocenters. The van der Waals surface area contributed by atoms with E-state index < -0.39 is 0 Å². The smallest absolute Gasteiger partial charge is 0.147 e. The monoisotopic (exact) mass is 456 g/mol. The lowest BCUT2D eigenvalue weighted by atomic mass is 9.96. The molecule has 0 N–H and O–H groups in total. The summed E-state index contributed by atoms with van der Waals surface area (Å²) in [6, 6.07) is 31.1. The zero-order valence-electron chi connectivity index (χ0n) is 18.5. The highest BCUT2D eigenvalue weighted by atomic mass is 35.5. The molecular weight excluding hydrogens is 436 g/mol. The van der Waals surface area contributed by atoms with Crippen LogP contribution in [0.5, 0.6) is 0 Å². The molecule has 162 valence electrons. The van der Waals surface area contributed by atoms with E-state index >= 15 is 0 Å². The number of aromatic nitrogens is 2. The molecule has 6 aromatic rings. The van der Waals surface area contributed by atoms with Crippen molar-refractivity contribution in [1.29, 1.82) is 0 Å². The van der Waals surface area contributed by atoms with Gasteiger partial charge in [0.05, 0.1) is 16.9 Å². The van der Waals surface area contributed by atoms with Crippen LogP contribution in [0.4, 0.5) is 0 Å². The molecule has 4 aromatic carbocycles. The van der Waals surface area contributed by atoms with Gasteiger partial charge in [0.25, 0.3) is 0 Å². The van der Waals surface area contributed by atoms with E-state index in [0.717, 1.165) is 61.0 Å². The lowest BCUT2D eigenvalue weighted by Crippen LogP contribution is -1.96. The summed E-state index contributed by atoms with van der Waals surface area (Å²) >= 11 is 6.54. The van der Waals surface area contributed by atoms with Crippen LogP contribution in [0.15, 0.2) is 104 Å². The molecule has 6 rings (SSSR count). The van der Waals surface area contributed by atoms with Crippen LogP contribution >= 0.6 is 11.6 Å². The van der Waals surface area contributed by atoms with Gasteiger partial charge in [-0.2, -0.15) is 0 Å². The van der Waals surface area contributed by atoms with Crippen LogP contribution in [-0.4, -0.2) is 9.38 Å². The Kier molecular flexibility index (Phi) is 4.83. The van der Waals surface area contributed by atoms with Crippen molar-refractivity contribution in [2.24, 2.45) is 0 Å². The van der Waals surface area contributed by atoms with Gasteiger partial charge in [0.15, 0.2) is 0 Å². The Morgan fingerprint density at radius 3 is 2.09 bits per heavy atom.